The van der Waals surface area contributed by atoms with Crippen molar-refractivity contribution >= 4 is 28.4 Å². The molecular weight excluding hydrogens is 429 g/mol. The molecule has 5 rings (SSSR count). The van der Waals surface area contributed by atoms with E-state index in [1.54, 1.807) is 24.3 Å². The standard InChI is InChI=1S/C25H21ClFN3O2/c26-24-8-4-18(13-29-24)25(31)30-9-10-32-15-21(30)11-19-14-28-23-7-3-17(12-22(19)23)16-1-5-20(27)6-2-16/h1-8,12-14,21,28H,9-11,15H2/t21-/m0/s1. The molecule has 0 radical (unpaired) electrons. The van der Waals surface area contributed by atoms with Gasteiger partial charge in [-0.2, -0.15) is 0 Å². The number of aromatic nitrogens is 2. The highest BCUT2D eigenvalue weighted by Gasteiger charge is 2.29. The maximum absolute atomic E-state index is 13.3. The minimum atomic E-state index is -0.255. The Morgan fingerprint density at radius 1 is 1.16 bits per heavy atom. The third-order valence-corrected chi connectivity index (χ3v) is 6.09. The Hall–Kier alpha value is -3.22. The van der Waals surface area contributed by atoms with Gasteiger partial charge in [0.1, 0.15) is 11.0 Å². The molecule has 0 aliphatic carbocycles. The lowest BCUT2D eigenvalue weighted by Crippen LogP contribution is -2.49. The van der Waals surface area contributed by atoms with Crippen molar-refractivity contribution in [2.75, 3.05) is 19.8 Å². The first-order valence-electron chi connectivity index (χ1n) is 10.4. The summed E-state index contributed by atoms with van der Waals surface area (Å²) in [6.45, 7) is 1.50. The summed E-state index contributed by atoms with van der Waals surface area (Å²) in [5, 5.41) is 1.44. The molecule has 162 valence electrons. The minimum Gasteiger partial charge on any atom is -0.377 e. The molecule has 32 heavy (non-hydrogen) atoms. The van der Waals surface area contributed by atoms with Gasteiger partial charge in [0.05, 0.1) is 24.8 Å². The first-order valence-corrected chi connectivity index (χ1v) is 10.8. The molecule has 1 aliphatic heterocycles. The van der Waals surface area contributed by atoms with Gasteiger partial charge in [-0.1, -0.05) is 29.8 Å². The molecule has 2 aromatic heterocycles. The van der Waals surface area contributed by atoms with Gasteiger partial charge in [0, 0.05) is 29.8 Å². The Kier molecular flexibility index (Phi) is 5.64. The number of aromatic amines is 1. The van der Waals surface area contributed by atoms with Gasteiger partial charge in [-0.25, -0.2) is 9.37 Å². The smallest absolute Gasteiger partial charge is 0.255 e. The lowest BCUT2D eigenvalue weighted by molar-refractivity contribution is -0.00157. The number of halogens is 2. The first kappa shape index (κ1) is 20.7. The molecule has 1 saturated heterocycles. The molecule has 0 unspecified atom stereocenters. The Bertz CT molecular complexity index is 1250. The number of nitrogens with zero attached hydrogens (tertiary/aromatic N) is 2. The van der Waals surface area contributed by atoms with Crippen LogP contribution in [0.4, 0.5) is 4.39 Å². The van der Waals surface area contributed by atoms with Crippen LogP contribution in [0, 0.1) is 5.82 Å². The summed E-state index contributed by atoms with van der Waals surface area (Å²) >= 11 is 5.87. The maximum Gasteiger partial charge on any atom is 0.255 e. The molecule has 1 N–H and O–H groups in total. The van der Waals surface area contributed by atoms with Crippen molar-refractivity contribution in [3.63, 3.8) is 0 Å². The summed E-state index contributed by atoms with van der Waals surface area (Å²) < 4.78 is 19.0. The quantitative estimate of drug-likeness (QED) is 0.441. The number of pyridine rings is 1. The Balaban J connectivity index is 1.43. The molecule has 0 bridgehead atoms. The molecule has 0 spiro atoms. The van der Waals surface area contributed by atoms with Crippen LogP contribution in [0.25, 0.3) is 22.0 Å². The fourth-order valence-electron chi connectivity index (χ4n) is 4.18. The molecule has 3 heterocycles. The van der Waals surface area contributed by atoms with Gasteiger partial charge >= 0.3 is 0 Å². The number of rotatable bonds is 4. The van der Waals surface area contributed by atoms with E-state index < -0.39 is 0 Å². The number of fused-ring (bicyclic) bond motifs is 1. The second kappa shape index (κ2) is 8.73. The van der Waals surface area contributed by atoms with Gasteiger partial charge in [-0.15, -0.1) is 0 Å². The zero-order valence-electron chi connectivity index (χ0n) is 17.2. The van der Waals surface area contributed by atoms with E-state index >= 15 is 0 Å². The van der Waals surface area contributed by atoms with Crippen molar-refractivity contribution in [1.29, 1.82) is 0 Å². The second-order valence-electron chi connectivity index (χ2n) is 7.88. The largest absolute Gasteiger partial charge is 0.377 e. The van der Waals surface area contributed by atoms with Crippen LogP contribution >= 0.6 is 11.6 Å². The molecule has 0 saturated carbocycles. The lowest BCUT2D eigenvalue weighted by Gasteiger charge is -2.35. The number of carbonyl (C=O) groups is 1. The van der Waals surface area contributed by atoms with E-state index in [-0.39, 0.29) is 17.8 Å². The lowest BCUT2D eigenvalue weighted by atomic mass is 9.99. The van der Waals surface area contributed by atoms with Crippen molar-refractivity contribution in [3.8, 4) is 11.1 Å². The summed E-state index contributed by atoms with van der Waals surface area (Å²) in [5.41, 5.74) is 4.60. The summed E-state index contributed by atoms with van der Waals surface area (Å²) in [4.78, 5) is 22.3. The number of hydrogen-bond acceptors (Lipinski definition) is 3. The Morgan fingerprint density at radius 2 is 1.97 bits per heavy atom. The molecular formula is C25H21ClFN3O2. The number of H-pyrrole nitrogens is 1. The molecule has 1 aliphatic rings. The molecule has 1 amide bonds. The van der Waals surface area contributed by atoms with Crippen molar-refractivity contribution in [3.05, 3.63) is 89.1 Å². The zero-order valence-corrected chi connectivity index (χ0v) is 18.0. The number of benzene rings is 2. The van der Waals surface area contributed by atoms with Crippen molar-refractivity contribution < 1.29 is 13.9 Å². The fourth-order valence-corrected chi connectivity index (χ4v) is 4.29. The number of hydrogen-bond donors (Lipinski definition) is 1. The van der Waals surface area contributed by atoms with Crippen LogP contribution in [0.1, 0.15) is 15.9 Å². The third kappa shape index (κ3) is 4.11. The highest BCUT2D eigenvalue weighted by Crippen LogP contribution is 2.28. The van der Waals surface area contributed by atoms with E-state index in [1.807, 2.05) is 23.2 Å². The average molecular weight is 450 g/mol. The van der Waals surface area contributed by atoms with Gasteiger partial charge in [-0.05, 0) is 59.5 Å². The Labute approximate surface area is 189 Å². The monoisotopic (exact) mass is 449 g/mol. The van der Waals surface area contributed by atoms with Gasteiger partial charge in [-0.3, -0.25) is 4.79 Å². The SMILES string of the molecule is O=C(c1ccc(Cl)nc1)N1CCOC[C@@H]1Cc1c[nH]c2ccc(-c3ccc(F)cc3)cc12. The molecule has 4 aromatic rings. The maximum atomic E-state index is 13.3. The minimum absolute atomic E-state index is 0.0747. The van der Waals surface area contributed by atoms with Crippen LogP contribution < -0.4 is 0 Å². The normalized spacial score (nSPS) is 16.4. The van der Waals surface area contributed by atoms with Gasteiger partial charge in [0.15, 0.2) is 0 Å². The van der Waals surface area contributed by atoms with Crippen molar-refractivity contribution in [2.24, 2.45) is 0 Å². The van der Waals surface area contributed by atoms with Crippen LogP contribution in [0.2, 0.25) is 5.15 Å². The van der Waals surface area contributed by atoms with Crippen LogP contribution in [-0.4, -0.2) is 46.6 Å². The predicted octanol–water partition coefficient (Wildman–Crippen LogP) is 5.11. The molecule has 1 fully saturated rings. The van der Waals surface area contributed by atoms with E-state index in [2.05, 4.69) is 16.0 Å². The van der Waals surface area contributed by atoms with E-state index in [0.717, 1.165) is 27.6 Å². The van der Waals surface area contributed by atoms with Crippen molar-refractivity contribution in [2.45, 2.75) is 12.5 Å². The van der Waals surface area contributed by atoms with Crippen molar-refractivity contribution in [1.82, 2.24) is 14.9 Å². The number of morpholine rings is 1. The first-order chi connectivity index (χ1) is 15.6. The van der Waals surface area contributed by atoms with Crippen LogP contribution in [-0.2, 0) is 11.2 Å². The van der Waals surface area contributed by atoms with E-state index in [4.69, 9.17) is 16.3 Å². The van der Waals surface area contributed by atoms with Gasteiger partial charge in [0.2, 0.25) is 0 Å². The number of carbonyl (C=O) groups excluding carboxylic acids is 1. The second-order valence-corrected chi connectivity index (χ2v) is 8.27. The molecule has 5 nitrogen and oxygen atoms in total. The summed E-state index contributed by atoms with van der Waals surface area (Å²) in [6, 6.07) is 15.9. The Morgan fingerprint density at radius 3 is 2.75 bits per heavy atom. The molecule has 1 atom stereocenters. The molecule has 7 heteroatoms. The topological polar surface area (TPSA) is 58.2 Å². The van der Waals surface area contributed by atoms with Gasteiger partial charge < -0.3 is 14.6 Å². The third-order valence-electron chi connectivity index (χ3n) is 5.86. The molecule has 2 aromatic carbocycles. The summed E-state index contributed by atoms with van der Waals surface area (Å²) in [5.74, 6) is -0.329. The van der Waals surface area contributed by atoms with E-state index in [0.29, 0.717) is 36.9 Å². The fraction of sp³-hybridized carbons (Fsp3) is 0.200. The summed E-state index contributed by atoms with van der Waals surface area (Å²) in [7, 11) is 0. The summed E-state index contributed by atoms with van der Waals surface area (Å²) in [6.07, 6.45) is 4.15. The highest BCUT2D eigenvalue weighted by molar-refractivity contribution is 6.29. The highest BCUT2D eigenvalue weighted by atomic mass is 35.5. The van der Waals surface area contributed by atoms with E-state index in [9.17, 15) is 9.18 Å². The number of amides is 1. The van der Waals surface area contributed by atoms with Gasteiger partial charge in [0.25, 0.3) is 5.91 Å². The number of nitrogens with one attached hydrogen (secondary N) is 1. The van der Waals surface area contributed by atoms with E-state index in [1.165, 1.54) is 18.3 Å². The van der Waals surface area contributed by atoms with Crippen LogP contribution in [0.3, 0.4) is 0 Å². The number of ether oxygens (including phenoxy) is 1. The zero-order chi connectivity index (χ0) is 22.1. The predicted molar refractivity (Wildman–Crippen MR) is 122 cm³/mol. The average Bonchev–Trinajstić information content (AvgIpc) is 3.22. The van der Waals surface area contributed by atoms with Crippen LogP contribution in [0.15, 0.2) is 67.0 Å². The van der Waals surface area contributed by atoms with Crippen LogP contribution in [0.5, 0.6) is 0 Å².